The summed E-state index contributed by atoms with van der Waals surface area (Å²) < 4.78 is 28.6. The van der Waals surface area contributed by atoms with Crippen LogP contribution in [0.15, 0.2) is 72.9 Å². The third-order valence-corrected chi connectivity index (χ3v) is 14.6. The zero-order valence-corrected chi connectivity index (χ0v) is 45.4. The number of nitrogens with two attached hydrogens (primary N) is 1. The van der Waals surface area contributed by atoms with Gasteiger partial charge in [0.15, 0.2) is 12.6 Å². The molecule has 4 fully saturated rings. The number of anilines is 4. The number of para-hydroxylation sites is 1. The van der Waals surface area contributed by atoms with Gasteiger partial charge in [-0.3, -0.25) is 24.6 Å². The second kappa shape index (κ2) is 25.7. The number of carboxylic acid groups (broad SMARTS) is 1. The van der Waals surface area contributed by atoms with Gasteiger partial charge in [0.1, 0.15) is 36.0 Å². The van der Waals surface area contributed by atoms with Gasteiger partial charge in [0.25, 0.3) is 0 Å². The van der Waals surface area contributed by atoms with Crippen molar-refractivity contribution in [3.8, 4) is 22.9 Å². The van der Waals surface area contributed by atoms with Gasteiger partial charge < -0.3 is 65.2 Å². The number of aliphatic carboxylic acids is 1. The molecule has 3 aliphatic heterocycles. The van der Waals surface area contributed by atoms with Gasteiger partial charge in [-0.15, -0.1) is 10.2 Å². The van der Waals surface area contributed by atoms with Crippen molar-refractivity contribution in [3.05, 3.63) is 78.5 Å². The van der Waals surface area contributed by atoms with Crippen molar-refractivity contribution >= 4 is 58.9 Å². The molecule has 424 valence electrons. The van der Waals surface area contributed by atoms with Crippen LogP contribution in [0, 0.1) is 5.41 Å². The van der Waals surface area contributed by atoms with E-state index in [4.69, 9.17) is 29.4 Å². The van der Waals surface area contributed by atoms with E-state index in [1.807, 2.05) is 63.2 Å². The second-order valence-corrected chi connectivity index (χ2v) is 21.3. The largest absolute Gasteiger partial charge is 0.480 e. The number of aromatic nitrogens is 3. The Labute approximate surface area is 459 Å². The number of carboxylic acids is 1. The zero-order valence-electron chi connectivity index (χ0n) is 45.4. The minimum Gasteiger partial charge on any atom is -0.480 e. The molecule has 4 aromatic rings. The standard InChI is InChI=1S/C55H72N12O12/c1-35-30-65(53(74)79-54(2,3)4)25-24-64(35)26-27-76-46-28-38(19-23-57-46)67-39-17-18-40(67)32-66(31-39)44-29-43(41-10-6-7-12-45(41)78-34-75-5)62-63-47(44)61-52(73)77-33-36-13-15-37(16-14-36)59-48(68)42(11-8-22-58-51(56)72)60-49(69)55(50(70)71)20-9-21-55/h6-7,10,12-16,19,23,28-29,35,39-40,42H,8-9,11,17-18,20-22,24-27,30-34H2,1-5H3,(H,59,68)(H,60,69)(H,70,71)(H3,56,58,72)(H,61,63,73)/t35-,39?,40?,42+/m1/s1. The molecule has 6 amide bonds. The fourth-order valence-corrected chi connectivity index (χ4v) is 10.4. The summed E-state index contributed by atoms with van der Waals surface area (Å²) in [5.74, 6) is -1.29. The van der Waals surface area contributed by atoms with Gasteiger partial charge in [-0.25, -0.2) is 19.4 Å². The van der Waals surface area contributed by atoms with Gasteiger partial charge >= 0.3 is 24.2 Å². The number of hydrogen-bond donors (Lipinski definition) is 6. The summed E-state index contributed by atoms with van der Waals surface area (Å²) >= 11 is 0. The lowest BCUT2D eigenvalue weighted by atomic mass is 9.68. The molecule has 0 radical (unpaired) electrons. The van der Waals surface area contributed by atoms with E-state index < -0.39 is 47.0 Å². The SMILES string of the molecule is COCOc1ccccc1-c1cc(N2CC3CCC(C2)N3c2ccnc(OCCN3CCN(C(=O)OC(C)(C)C)C[C@H]3C)c2)c(NC(=O)OCc2ccc(NC(=O)[C@H](CCCNC(N)=O)NC(=O)C3(C(=O)O)CCC3)cc2)nn1. The third-order valence-electron chi connectivity index (χ3n) is 14.6. The summed E-state index contributed by atoms with van der Waals surface area (Å²) in [6.07, 6.45) is 3.86. The van der Waals surface area contributed by atoms with Gasteiger partial charge in [0.05, 0.1) is 11.4 Å². The molecule has 4 aliphatic rings. The van der Waals surface area contributed by atoms with Crippen molar-refractivity contribution in [2.45, 2.75) is 109 Å². The number of primary amides is 1. The predicted molar refractivity (Wildman–Crippen MR) is 292 cm³/mol. The lowest BCUT2D eigenvalue weighted by molar-refractivity contribution is -0.162. The van der Waals surface area contributed by atoms with Crippen LogP contribution in [0.5, 0.6) is 11.6 Å². The molecule has 24 heteroatoms. The van der Waals surface area contributed by atoms with E-state index in [2.05, 4.69) is 58.1 Å². The lowest BCUT2D eigenvalue weighted by Crippen LogP contribution is -2.55. The van der Waals surface area contributed by atoms with Crippen LogP contribution < -0.4 is 46.3 Å². The van der Waals surface area contributed by atoms with Crippen molar-refractivity contribution in [1.82, 2.24) is 35.6 Å². The maximum atomic E-state index is 13.6. The summed E-state index contributed by atoms with van der Waals surface area (Å²) in [6, 6.07) is 18.4. The van der Waals surface area contributed by atoms with Crippen molar-refractivity contribution in [2.75, 3.05) is 86.8 Å². The maximum Gasteiger partial charge on any atom is 0.413 e. The molecule has 2 unspecified atom stereocenters. The number of methoxy groups -OCH3 is 1. The molecule has 2 aromatic heterocycles. The first-order chi connectivity index (χ1) is 37.9. The first-order valence-corrected chi connectivity index (χ1v) is 26.7. The molecule has 2 aromatic carbocycles. The molecular formula is C55H72N12O12. The molecule has 5 heterocycles. The molecule has 4 atom stereocenters. The van der Waals surface area contributed by atoms with E-state index in [9.17, 15) is 33.9 Å². The molecule has 8 rings (SSSR count). The quantitative estimate of drug-likeness (QED) is 0.0318. The highest BCUT2D eigenvalue weighted by Crippen LogP contribution is 2.42. The number of ether oxygens (including phenoxy) is 5. The first-order valence-electron chi connectivity index (χ1n) is 26.7. The Bertz CT molecular complexity index is 2800. The van der Waals surface area contributed by atoms with Gasteiger partial charge in [0.2, 0.25) is 17.7 Å². The smallest absolute Gasteiger partial charge is 0.413 e. The fourth-order valence-electron chi connectivity index (χ4n) is 10.4. The number of hydrogen-bond acceptors (Lipinski definition) is 17. The molecule has 0 spiro atoms. The number of urea groups is 1. The number of carbonyl (C=O) groups excluding carboxylic acids is 5. The molecule has 1 saturated carbocycles. The third kappa shape index (κ3) is 14.6. The molecule has 24 nitrogen and oxygen atoms in total. The van der Waals surface area contributed by atoms with Crippen molar-refractivity contribution in [1.29, 1.82) is 0 Å². The van der Waals surface area contributed by atoms with Crippen LogP contribution in [0.3, 0.4) is 0 Å². The molecule has 3 saturated heterocycles. The zero-order chi connectivity index (χ0) is 56.3. The van der Waals surface area contributed by atoms with E-state index in [-0.39, 0.29) is 75.7 Å². The van der Waals surface area contributed by atoms with Crippen molar-refractivity contribution < 1.29 is 57.6 Å². The topological polar surface area (TPSA) is 295 Å². The summed E-state index contributed by atoms with van der Waals surface area (Å²) in [5.41, 5.74) is 6.86. The Kier molecular flexibility index (Phi) is 18.6. The number of nitrogens with zero attached hydrogens (tertiary/aromatic N) is 7. The molecule has 7 N–H and O–H groups in total. The number of nitrogens with one attached hydrogen (secondary N) is 4. The highest BCUT2D eigenvalue weighted by Gasteiger charge is 2.52. The highest BCUT2D eigenvalue weighted by molar-refractivity contribution is 6.05. The van der Waals surface area contributed by atoms with Gasteiger partial charge in [-0.2, -0.15) is 0 Å². The molecular weight excluding hydrogens is 1020 g/mol. The van der Waals surface area contributed by atoms with Gasteiger partial charge in [-0.1, -0.05) is 30.7 Å². The van der Waals surface area contributed by atoms with Crippen LogP contribution in [-0.4, -0.2) is 162 Å². The number of carbonyl (C=O) groups is 6. The Morgan fingerprint density at radius 1 is 0.911 bits per heavy atom. The summed E-state index contributed by atoms with van der Waals surface area (Å²) in [6.45, 7) is 11.9. The number of amides is 6. The molecule has 1 aliphatic carbocycles. The average Bonchev–Trinajstić information content (AvgIpc) is 3.74. The van der Waals surface area contributed by atoms with E-state index in [1.165, 1.54) is 0 Å². The van der Waals surface area contributed by atoms with Crippen molar-refractivity contribution in [3.63, 3.8) is 0 Å². The minimum absolute atomic E-state index is 0.0246. The first kappa shape index (κ1) is 57.2. The maximum absolute atomic E-state index is 13.6. The van der Waals surface area contributed by atoms with Crippen LogP contribution in [0.2, 0.25) is 0 Å². The Balaban J connectivity index is 0.903. The second-order valence-electron chi connectivity index (χ2n) is 21.3. The van der Waals surface area contributed by atoms with E-state index >= 15 is 0 Å². The van der Waals surface area contributed by atoms with E-state index in [0.717, 1.165) is 18.5 Å². The number of fused-ring (bicyclic) bond motifs is 2. The van der Waals surface area contributed by atoms with Crippen molar-refractivity contribution in [2.24, 2.45) is 11.1 Å². The van der Waals surface area contributed by atoms with Gasteiger partial charge in [-0.05, 0) is 108 Å². The monoisotopic (exact) mass is 1090 g/mol. The van der Waals surface area contributed by atoms with Crippen LogP contribution in [0.4, 0.5) is 37.3 Å². The van der Waals surface area contributed by atoms with Crippen LogP contribution >= 0.6 is 0 Å². The van der Waals surface area contributed by atoms with E-state index in [1.54, 1.807) is 42.5 Å². The van der Waals surface area contributed by atoms with Gasteiger partial charge in [0, 0.05) is 100 Å². The Morgan fingerprint density at radius 3 is 2.33 bits per heavy atom. The lowest BCUT2D eigenvalue weighted by Gasteiger charge is -2.43. The predicted octanol–water partition coefficient (Wildman–Crippen LogP) is 5.57. The summed E-state index contributed by atoms with van der Waals surface area (Å²) in [5, 5.41) is 29.5. The van der Waals surface area contributed by atoms with Crippen LogP contribution in [-0.2, 0) is 35.2 Å². The Morgan fingerprint density at radius 2 is 1.66 bits per heavy atom. The number of pyridine rings is 1. The van der Waals surface area contributed by atoms with E-state index in [0.29, 0.717) is 92.1 Å². The normalized spacial score (nSPS) is 19.1. The summed E-state index contributed by atoms with van der Waals surface area (Å²) in [4.78, 5) is 89.4. The number of benzene rings is 2. The van der Waals surface area contributed by atoms with Crippen LogP contribution in [0.25, 0.3) is 11.3 Å². The number of piperazine rings is 2. The number of rotatable bonds is 22. The van der Waals surface area contributed by atoms with Crippen LogP contribution in [0.1, 0.15) is 78.2 Å². The molecule has 79 heavy (non-hydrogen) atoms. The average molecular weight is 1090 g/mol. The Hall–Kier alpha value is -7.99. The highest BCUT2D eigenvalue weighted by atomic mass is 16.7. The molecule has 2 bridgehead atoms. The summed E-state index contributed by atoms with van der Waals surface area (Å²) in [7, 11) is 1.54. The minimum atomic E-state index is -1.59. The fraction of sp³-hybridized carbons (Fsp3) is 0.509.